The molecule has 1 aromatic heterocycles. The number of nitrogens with zero attached hydrogens (tertiary/aromatic N) is 3. The largest absolute Gasteiger partial charge is 0.342 e. The molecule has 0 radical (unpaired) electrons. The Hall–Kier alpha value is -1.56. The Morgan fingerprint density at radius 3 is 2.65 bits per heavy atom. The maximum Gasteiger partial charge on any atom is 0.257 e. The Labute approximate surface area is 166 Å². The van der Waals surface area contributed by atoms with E-state index in [4.69, 9.17) is 17.3 Å². The van der Waals surface area contributed by atoms with Gasteiger partial charge < -0.3 is 10.6 Å². The summed E-state index contributed by atoms with van der Waals surface area (Å²) in [5.41, 5.74) is 8.45. The summed E-state index contributed by atoms with van der Waals surface area (Å²) in [7, 11) is 1.81. The molecule has 0 bridgehead atoms. The zero-order valence-electron chi connectivity index (χ0n) is 15.8. The van der Waals surface area contributed by atoms with E-state index in [1.54, 1.807) is 15.8 Å². The minimum absolute atomic E-state index is 0. The van der Waals surface area contributed by atoms with Gasteiger partial charge in [0.05, 0.1) is 23.1 Å². The average Bonchev–Trinajstić information content (AvgIpc) is 3.02. The van der Waals surface area contributed by atoms with Gasteiger partial charge in [-0.1, -0.05) is 38.4 Å². The van der Waals surface area contributed by atoms with Crippen molar-refractivity contribution in [3.63, 3.8) is 0 Å². The molecular formula is C19H28Cl2N4O. The SMILES string of the molecule is CCc1c(C(=O)N(C)CCC(N)C(C)C)cnn1-c1cccc(Cl)c1.Cl. The third kappa shape index (κ3) is 5.22. The molecule has 1 heterocycles. The molecule has 7 heteroatoms. The highest BCUT2D eigenvalue weighted by molar-refractivity contribution is 6.30. The summed E-state index contributed by atoms with van der Waals surface area (Å²) in [6, 6.07) is 7.55. The summed E-state index contributed by atoms with van der Waals surface area (Å²) in [6.45, 7) is 6.83. The lowest BCUT2D eigenvalue weighted by Gasteiger charge is -2.21. The number of hydrogen-bond donors (Lipinski definition) is 1. The van der Waals surface area contributed by atoms with Crippen LogP contribution in [-0.2, 0) is 6.42 Å². The molecular weight excluding hydrogens is 371 g/mol. The minimum Gasteiger partial charge on any atom is -0.342 e. The zero-order valence-corrected chi connectivity index (χ0v) is 17.3. The van der Waals surface area contributed by atoms with E-state index in [0.29, 0.717) is 29.5 Å². The fourth-order valence-electron chi connectivity index (χ4n) is 2.71. The van der Waals surface area contributed by atoms with E-state index in [0.717, 1.165) is 17.8 Å². The molecule has 144 valence electrons. The zero-order chi connectivity index (χ0) is 18.6. The molecule has 2 aromatic rings. The summed E-state index contributed by atoms with van der Waals surface area (Å²) in [4.78, 5) is 14.5. The highest BCUT2D eigenvalue weighted by Gasteiger charge is 2.21. The van der Waals surface area contributed by atoms with Gasteiger partial charge in [-0.15, -0.1) is 12.4 Å². The molecule has 1 atom stereocenters. The number of nitrogens with two attached hydrogens (primary N) is 1. The Bertz CT molecular complexity index is 730. The number of benzene rings is 1. The van der Waals surface area contributed by atoms with Crippen LogP contribution in [0.4, 0.5) is 0 Å². The number of carbonyl (C=O) groups excluding carboxylic acids is 1. The van der Waals surface area contributed by atoms with Gasteiger partial charge in [0, 0.05) is 24.7 Å². The van der Waals surface area contributed by atoms with E-state index in [9.17, 15) is 4.79 Å². The number of rotatable bonds is 7. The summed E-state index contributed by atoms with van der Waals surface area (Å²) in [6.07, 6.45) is 3.12. The highest BCUT2D eigenvalue weighted by Crippen LogP contribution is 2.20. The standard InChI is InChI=1S/C19H27ClN4O.ClH/c1-5-18-16(19(25)23(4)10-9-17(21)13(2)3)12-22-24(18)15-8-6-7-14(20)11-15;/h6-8,11-13,17H,5,9-10,21H2,1-4H3;1H. The molecule has 0 aliphatic carbocycles. The van der Waals surface area contributed by atoms with Crippen LogP contribution in [0.15, 0.2) is 30.5 Å². The van der Waals surface area contributed by atoms with E-state index in [1.807, 2.05) is 38.2 Å². The van der Waals surface area contributed by atoms with Gasteiger partial charge in [-0.3, -0.25) is 4.79 Å². The van der Waals surface area contributed by atoms with Gasteiger partial charge in [-0.25, -0.2) is 4.68 Å². The fourth-order valence-corrected chi connectivity index (χ4v) is 2.89. The van der Waals surface area contributed by atoms with Gasteiger partial charge in [-0.05, 0) is 37.0 Å². The predicted molar refractivity (Wildman–Crippen MR) is 110 cm³/mol. The predicted octanol–water partition coefficient (Wildman–Crippen LogP) is 3.96. The molecule has 5 nitrogen and oxygen atoms in total. The Kier molecular flexibility index (Phi) is 8.60. The first kappa shape index (κ1) is 22.5. The second-order valence-electron chi connectivity index (χ2n) is 6.67. The van der Waals surface area contributed by atoms with Crippen LogP contribution in [0.2, 0.25) is 5.02 Å². The second-order valence-corrected chi connectivity index (χ2v) is 7.11. The lowest BCUT2D eigenvalue weighted by Crippen LogP contribution is -2.34. The van der Waals surface area contributed by atoms with Crippen molar-refractivity contribution in [2.75, 3.05) is 13.6 Å². The van der Waals surface area contributed by atoms with Gasteiger partial charge in [0.25, 0.3) is 5.91 Å². The molecule has 2 N–H and O–H groups in total. The maximum atomic E-state index is 12.8. The molecule has 0 fully saturated rings. The van der Waals surface area contributed by atoms with Crippen LogP contribution in [0.1, 0.15) is 43.2 Å². The van der Waals surface area contributed by atoms with Gasteiger partial charge in [0.1, 0.15) is 0 Å². The van der Waals surface area contributed by atoms with Crippen LogP contribution >= 0.6 is 24.0 Å². The Morgan fingerprint density at radius 2 is 2.08 bits per heavy atom. The molecule has 1 amide bonds. The van der Waals surface area contributed by atoms with Crippen LogP contribution < -0.4 is 5.73 Å². The van der Waals surface area contributed by atoms with Crippen LogP contribution in [0.25, 0.3) is 5.69 Å². The molecule has 0 aliphatic rings. The highest BCUT2D eigenvalue weighted by atomic mass is 35.5. The molecule has 0 aliphatic heterocycles. The summed E-state index contributed by atoms with van der Waals surface area (Å²) in [5.74, 6) is 0.376. The van der Waals surface area contributed by atoms with Crippen LogP contribution in [0.5, 0.6) is 0 Å². The van der Waals surface area contributed by atoms with Crippen molar-refractivity contribution in [2.45, 2.75) is 39.7 Å². The molecule has 26 heavy (non-hydrogen) atoms. The molecule has 0 saturated heterocycles. The molecule has 1 unspecified atom stereocenters. The third-order valence-corrected chi connectivity index (χ3v) is 4.72. The number of amides is 1. The number of carbonyl (C=O) groups is 1. The van der Waals surface area contributed by atoms with Gasteiger partial charge in [-0.2, -0.15) is 5.10 Å². The number of hydrogen-bond acceptors (Lipinski definition) is 3. The first-order valence-corrected chi connectivity index (χ1v) is 9.06. The van der Waals surface area contributed by atoms with E-state index in [-0.39, 0.29) is 24.4 Å². The van der Waals surface area contributed by atoms with Gasteiger partial charge >= 0.3 is 0 Å². The Morgan fingerprint density at radius 1 is 1.38 bits per heavy atom. The van der Waals surface area contributed by atoms with Crippen molar-refractivity contribution in [3.05, 3.63) is 46.7 Å². The van der Waals surface area contributed by atoms with E-state index >= 15 is 0 Å². The number of halogens is 2. The lowest BCUT2D eigenvalue weighted by molar-refractivity contribution is 0.0788. The first-order chi connectivity index (χ1) is 11.8. The maximum absolute atomic E-state index is 12.8. The lowest BCUT2D eigenvalue weighted by atomic mass is 10.0. The van der Waals surface area contributed by atoms with Crippen molar-refractivity contribution in [1.82, 2.24) is 14.7 Å². The quantitative estimate of drug-likeness (QED) is 0.767. The van der Waals surface area contributed by atoms with Crippen LogP contribution in [0.3, 0.4) is 0 Å². The Balaban J connectivity index is 0.00000338. The van der Waals surface area contributed by atoms with Crippen molar-refractivity contribution in [1.29, 1.82) is 0 Å². The van der Waals surface area contributed by atoms with E-state index in [1.165, 1.54) is 0 Å². The fraction of sp³-hybridized carbons (Fsp3) is 0.474. The monoisotopic (exact) mass is 398 g/mol. The van der Waals surface area contributed by atoms with E-state index < -0.39 is 0 Å². The van der Waals surface area contributed by atoms with Gasteiger partial charge in [0.15, 0.2) is 0 Å². The summed E-state index contributed by atoms with van der Waals surface area (Å²) >= 11 is 6.08. The molecule has 0 saturated carbocycles. The number of aromatic nitrogens is 2. The first-order valence-electron chi connectivity index (χ1n) is 8.69. The van der Waals surface area contributed by atoms with Crippen molar-refractivity contribution >= 4 is 29.9 Å². The third-order valence-electron chi connectivity index (χ3n) is 4.49. The van der Waals surface area contributed by atoms with Crippen molar-refractivity contribution < 1.29 is 4.79 Å². The normalized spacial score (nSPS) is 12.0. The summed E-state index contributed by atoms with van der Waals surface area (Å²) in [5, 5.41) is 5.05. The van der Waals surface area contributed by atoms with Crippen molar-refractivity contribution in [3.8, 4) is 5.69 Å². The topological polar surface area (TPSA) is 64.2 Å². The average molecular weight is 399 g/mol. The van der Waals surface area contributed by atoms with Crippen LogP contribution in [0, 0.1) is 5.92 Å². The smallest absolute Gasteiger partial charge is 0.257 e. The molecule has 0 spiro atoms. The van der Waals surface area contributed by atoms with E-state index in [2.05, 4.69) is 18.9 Å². The van der Waals surface area contributed by atoms with Crippen LogP contribution in [-0.4, -0.2) is 40.2 Å². The summed E-state index contributed by atoms with van der Waals surface area (Å²) < 4.78 is 1.78. The second kappa shape index (κ2) is 9.95. The molecule has 2 rings (SSSR count). The van der Waals surface area contributed by atoms with Gasteiger partial charge in [0.2, 0.25) is 0 Å². The van der Waals surface area contributed by atoms with Crippen molar-refractivity contribution in [2.24, 2.45) is 11.7 Å². The minimum atomic E-state index is -0.0268. The molecule has 1 aromatic carbocycles.